The first-order valence-corrected chi connectivity index (χ1v) is 8.37. The molecule has 0 amide bonds. The van der Waals surface area contributed by atoms with Gasteiger partial charge in [0.25, 0.3) is 0 Å². The summed E-state index contributed by atoms with van der Waals surface area (Å²) in [6.45, 7) is 7.18. The van der Waals surface area contributed by atoms with E-state index < -0.39 is 5.60 Å². The van der Waals surface area contributed by atoms with Crippen molar-refractivity contribution in [3.8, 4) is 0 Å². The highest BCUT2D eigenvalue weighted by Gasteiger charge is 2.36. The van der Waals surface area contributed by atoms with Crippen LogP contribution in [-0.4, -0.2) is 17.3 Å². The van der Waals surface area contributed by atoms with Crippen LogP contribution in [0.3, 0.4) is 0 Å². The summed E-state index contributed by atoms with van der Waals surface area (Å²) in [6, 6.07) is 5.55. The van der Waals surface area contributed by atoms with Crippen LogP contribution in [0.4, 0.5) is 0 Å². The Morgan fingerprint density at radius 2 is 1.81 bits per heavy atom. The van der Waals surface area contributed by atoms with E-state index in [0.717, 1.165) is 31.2 Å². The molecule has 0 radical (unpaired) electrons. The summed E-state index contributed by atoms with van der Waals surface area (Å²) in [5.74, 6) is 0. The molecule has 2 nitrogen and oxygen atoms in total. The lowest BCUT2D eigenvalue weighted by molar-refractivity contribution is -0.0258. The summed E-state index contributed by atoms with van der Waals surface area (Å²) in [5, 5.41) is 15.5. The molecule has 2 rings (SSSR count). The smallest absolute Gasteiger partial charge is 0.0772 e. The lowest BCUT2D eigenvalue weighted by Crippen LogP contribution is -2.45. The van der Waals surface area contributed by atoms with Gasteiger partial charge < -0.3 is 10.4 Å². The molecule has 0 spiro atoms. The highest BCUT2D eigenvalue weighted by Crippen LogP contribution is 2.40. The SMILES string of the molecule is CC(NCC1(O)CCC(C)(C)CC1)c1cc(Cl)ccc1Cl. The number of rotatable bonds is 4. The van der Waals surface area contributed by atoms with E-state index in [1.165, 1.54) is 0 Å². The van der Waals surface area contributed by atoms with Crippen molar-refractivity contribution in [1.29, 1.82) is 0 Å². The molecule has 1 aromatic carbocycles. The lowest BCUT2D eigenvalue weighted by Gasteiger charge is -2.40. The number of aliphatic hydroxyl groups is 1. The van der Waals surface area contributed by atoms with Crippen LogP contribution in [0, 0.1) is 5.41 Å². The topological polar surface area (TPSA) is 32.3 Å². The fourth-order valence-corrected chi connectivity index (χ4v) is 3.33. The van der Waals surface area contributed by atoms with Crippen LogP contribution >= 0.6 is 23.2 Å². The number of halogens is 2. The minimum Gasteiger partial charge on any atom is -0.389 e. The molecule has 0 aromatic heterocycles. The number of benzene rings is 1. The van der Waals surface area contributed by atoms with E-state index in [1.807, 2.05) is 19.1 Å². The molecule has 1 aromatic rings. The van der Waals surface area contributed by atoms with Crippen molar-refractivity contribution in [3.63, 3.8) is 0 Å². The molecule has 118 valence electrons. The van der Waals surface area contributed by atoms with E-state index in [4.69, 9.17) is 23.2 Å². The molecule has 1 aliphatic rings. The summed E-state index contributed by atoms with van der Waals surface area (Å²) >= 11 is 12.3. The van der Waals surface area contributed by atoms with Gasteiger partial charge in [-0.25, -0.2) is 0 Å². The van der Waals surface area contributed by atoms with Crippen molar-refractivity contribution in [2.24, 2.45) is 5.41 Å². The third-order valence-corrected chi connectivity index (χ3v) is 5.28. The maximum atomic E-state index is 10.7. The summed E-state index contributed by atoms with van der Waals surface area (Å²) in [5.41, 5.74) is 0.729. The Hall–Kier alpha value is -0.280. The Morgan fingerprint density at radius 1 is 1.19 bits per heavy atom. The summed E-state index contributed by atoms with van der Waals surface area (Å²) in [7, 11) is 0. The third kappa shape index (κ3) is 4.59. The lowest BCUT2D eigenvalue weighted by atomic mass is 9.71. The highest BCUT2D eigenvalue weighted by molar-refractivity contribution is 6.33. The maximum Gasteiger partial charge on any atom is 0.0772 e. The van der Waals surface area contributed by atoms with Gasteiger partial charge in [-0.1, -0.05) is 37.0 Å². The van der Waals surface area contributed by atoms with E-state index in [9.17, 15) is 5.11 Å². The van der Waals surface area contributed by atoms with Crippen molar-refractivity contribution >= 4 is 23.2 Å². The molecule has 1 fully saturated rings. The fourth-order valence-electron chi connectivity index (χ4n) is 2.87. The standard InChI is InChI=1S/C17H25Cl2NO/c1-12(14-10-13(18)4-5-15(14)19)20-11-17(21)8-6-16(2,3)7-9-17/h4-5,10,12,20-21H,6-9,11H2,1-3H3. The van der Waals surface area contributed by atoms with Gasteiger partial charge in [0.1, 0.15) is 0 Å². The average Bonchev–Trinajstić information content (AvgIpc) is 2.43. The third-order valence-electron chi connectivity index (χ3n) is 4.70. The molecule has 1 saturated carbocycles. The number of hydrogen-bond acceptors (Lipinski definition) is 2. The summed E-state index contributed by atoms with van der Waals surface area (Å²) in [4.78, 5) is 0. The molecule has 1 unspecified atom stereocenters. The van der Waals surface area contributed by atoms with Crippen LogP contribution in [0.2, 0.25) is 10.0 Å². The van der Waals surface area contributed by atoms with E-state index >= 15 is 0 Å². The Labute approximate surface area is 137 Å². The van der Waals surface area contributed by atoms with Crippen LogP contribution in [-0.2, 0) is 0 Å². The van der Waals surface area contributed by atoms with Crippen molar-refractivity contribution in [2.75, 3.05) is 6.54 Å². The van der Waals surface area contributed by atoms with Crippen LogP contribution in [0.25, 0.3) is 0 Å². The molecule has 0 aliphatic heterocycles. The maximum absolute atomic E-state index is 10.7. The van der Waals surface area contributed by atoms with E-state index in [-0.39, 0.29) is 6.04 Å². The monoisotopic (exact) mass is 329 g/mol. The van der Waals surface area contributed by atoms with Gasteiger partial charge in [-0.15, -0.1) is 0 Å². The quantitative estimate of drug-likeness (QED) is 0.816. The predicted molar refractivity (Wildman–Crippen MR) is 90.1 cm³/mol. The second-order valence-electron chi connectivity index (χ2n) is 7.16. The van der Waals surface area contributed by atoms with Gasteiger partial charge in [0.15, 0.2) is 0 Å². The zero-order valence-electron chi connectivity index (χ0n) is 13.0. The Morgan fingerprint density at radius 3 is 2.43 bits per heavy atom. The van der Waals surface area contributed by atoms with Crippen molar-refractivity contribution in [3.05, 3.63) is 33.8 Å². The zero-order valence-corrected chi connectivity index (χ0v) is 14.6. The molecular weight excluding hydrogens is 305 g/mol. The molecule has 4 heteroatoms. The Kier molecular flexibility index (Phi) is 5.25. The second kappa shape index (κ2) is 6.45. The molecule has 0 saturated heterocycles. The van der Waals surface area contributed by atoms with Crippen molar-refractivity contribution < 1.29 is 5.11 Å². The van der Waals surface area contributed by atoms with Crippen LogP contribution in [0.5, 0.6) is 0 Å². The first kappa shape index (κ1) is 17.1. The Balaban J connectivity index is 1.95. The van der Waals surface area contributed by atoms with Gasteiger partial charge in [-0.2, -0.15) is 0 Å². The first-order valence-electron chi connectivity index (χ1n) is 7.62. The molecule has 0 bridgehead atoms. The van der Waals surface area contributed by atoms with Crippen LogP contribution < -0.4 is 5.32 Å². The highest BCUT2D eigenvalue weighted by atomic mass is 35.5. The number of nitrogens with one attached hydrogen (secondary N) is 1. The van der Waals surface area contributed by atoms with Crippen molar-refractivity contribution in [1.82, 2.24) is 5.32 Å². The van der Waals surface area contributed by atoms with E-state index in [0.29, 0.717) is 22.0 Å². The van der Waals surface area contributed by atoms with Gasteiger partial charge >= 0.3 is 0 Å². The molecule has 1 atom stereocenters. The average molecular weight is 330 g/mol. The number of hydrogen-bond donors (Lipinski definition) is 2. The molecule has 1 aliphatic carbocycles. The summed E-state index contributed by atoms with van der Waals surface area (Å²) in [6.07, 6.45) is 3.83. The van der Waals surface area contributed by atoms with Crippen LogP contribution in [0.1, 0.15) is 58.1 Å². The molecule has 2 N–H and O–H groups in total. The largest absolute Gasteiger partial charge is 0.389 e. The van der Waals surface area contributed by atoms with Gasteiger partial charge in [0, 0.05) is 22.6 Å². The molecule has 0 heterocycles. The molecule has 21 heavy (non-hydrogen) atoms. The van der Waals surface area contributed by atoms with Gasteiger partial charge in [-0.05, 0) is 61.8 Å². The normalized spacial score (nSPS) is 22.0. The fraction of sp³-hybridized carbons (Fsp3) is 0.647. The molecular formula is C17H25Cl2NO. The van der Waals surface area contributed by atoms with E-state index in [2.05, 4.69) is 19.2 Å². The predicted octanol–water partition coefficient (Wildman–Crippen LogP) is 4.98. The van der Waals surface area contributed by atoms with Gasteiger partial charge in [-0.3, -0.25) is 0 Å². The van der Waals surface area contributed by atoms with Crippen LogP contribution in [0.15, 0.2) is 18.2 Å². The van der Waals surface area contributed by atoms with Gasteiger partial charge in [0.05, 0.1) is 5.60 Å². The van der Waals surface area contributed by atoms with E-state index in [1.54, 1.807) is 6.07 Å². The summed E-state index contributed by atoms with van der Waals surface area (Å²) < 4.78 is 0. The minimum atomic E-state index is -0.602. The second-order valence-corrected chi connectivity index (χ2v) is 8.00. The Bertz CT molecular complexity index is 492. The zero-order chi connectivity index (χ0) is 15.7. The van der Waals surface area contributed by atoms with Crippen molar-refractivity contribution in [2.45, 2.75) is 58.1 Å². The van der Waals surface area contributed by atoms with Gasteiger partial charge in [0.2, 0.25) is 0 Å². The first-order chi connectivity index (χ1) is 9.71. The minimum absolute atomic E-state index is 0.0650.